The molecule has 1 unspecified atom stereocenters. The van der Waals surface area contributed by atoms with Crippen molar-refractivity contribution in [3.63, 3.8) is 0 Å². The second-order valence-electron chi connectivity index (χ2n) is 4.25. The Balaban J connectivity index is 2.49. The number of thioether (sulfide) groups is 1. The predicted molar refractivity (Wildman–Crippen MR) is 67.1 cm³/mol. The van der Waals surface area contributed by atoms with E-state index in [1.54, 1.807) is 6.92 Å². The Morgan fingerprint density at radius 3 is 2.76 bits per heavy atom. The number of rotatable bonds is 6. The Morgan fingerprint density at radius 1 is 1.41 bits per heavy atom. The summed E-state index contributed by atoms with van der Waals surface area (Å²) >= 11 is 1.54. The fraction of sp³-hybridized carbons (Fsp3) is 0.500. The van der Waals surface area contributed by atoms with Crippen molar-refractivity contribution in [2.24, 2.45) is 0 Å². The van der Waals surface area contributed by atoms with Gasteiger partial charge in [-0.2, -0.15) is 11.8 Å². The van der Waals surface area contributed by atoms with Crippen molar-refractivity contribution in [1.82, 2.24) is 5.32 Å². The third-order valence-corrected chi connectivity index (χ3v) is 3.22. The zero-order chi connectivity index (χ0) is 12.9. The monoisotopic (exact) mass is 261 g/mol. The summed E-state index contributed by atoms with van der Waals surface area (Å²) in [5.41, 5.74) is -0.576. The summed E-state index contributed by atoms with van der Waals surface area (Å²) in [7, 11) is 0. The van der Waals surface area contributed by atoms with Crippen molar-refractivity contribution in [3.05, 3.63) is 35.4 Å². The smallest absolute Gasteiger partial charge is 0.163 e. The van der Waals surface area contributed by atoms with E-state index in [2.05, 4.69) is 5.32 Å². The van der Waals surface area contributed by atoms with Crippen LogP contribution in [0.5, 0.6) is 0 Å². The first-order chi connectivity index (χ1) is 7.96. The van der Waals surface area contributed by atoms with Crippen molar-refractivity contribution in [1.29, 1.82) is 0 Å². The van der Waals surface area contributed by atoms with E-state index in [-0.39, 0.29) is 12.1 Å². The van der Waals surface area contributed by atoms with Crippen LogP contribution in [0, 0.1) is 11.6 Å². The van der Waals surface area contributed by atoms with Gasteiger partial charge in [-0.1, -0.05) is 12.1 Å². The van der Waals surface area contributed by atoms with Crippen molar-refractivity contribution >= 4 is 11.8 Å². The summed E-state index contributed by atoms with van der Waals surface area (Å²) in [6, 6.07) is 4.08. The lowest BCUT2D eigenvalue weighted by atomic mass is 10.1. The van der Waals surface area contributed by atoms with Crippen LogP contribution < -0.4 is 5.32 Å². The maximum absolute atomic E-state index is 13.3. The van der Waals surface area contributed by atoms with Gasteiger partial charge in [0.15, 0.2) is 11.6 Å². The van der Waals surface area contributed by atoms with E-state index in [1.807, 2.05) is 6.26 Å². The average molecular weight is 261 g/mol. The second-order valence-corrected chi connectivity index (χ2v) is 5.11. The molecule has 17 heavy (non-hydrogen) atoms. The summed E-state index contributed by atoms with van der Waals surface area (Å²) in [5, 5.41) is 12.8. The van der Waals surface area contributed by atoms with Crippen molar-refractivity contribution < 1.29 is 13.9 Å². The number of aliphatic hydroxyl groups is 1. The van der Waals surface area contributed by atoms with Gasteiger partial charge in [0.05, 0.1) is 5.60 Å². The topological polar surface area (TPSA) is 32.3 Å². The van der Waals surface area contributed by atoms with Crippen LogP contribution in [0.4, 0.5) is 8.78 Å². The Hall–Kier alpha value is -0.650. The summed E-state index contributed by atoms with van der Waals surface area (Å²) in [5.74, 6) is -1.09. The van der Waals surface area contributed by atoms with Crippen molar-refractivity contribution in [2.45, 2.75) is 19.1 Å². The maximum atomic E-state index is 13.3. The average Bonchev–Trinajstić information content (AvgIpc) is 2.24. The number of nitrogens with one attached hydrogen (secondary N) is 1. The van der Waals surface area contributed by atoms with Gasteiger partial charge in [-0.05, 0) is 19.2 Å². The third kappa shape index (κ3) is 4.61. The predicted octanol–water partition coefficient (Wildman–Crippen LogP) is 2.17. The highest BCUT2D eigenvalue weighted by molar-refractivity contribution is 7.98. The van der Waals surface area contributed by atoms with Gasteiger partial charge < -0.3 is 10.4 Å². The van der Waals surface area contributed by atoms with Gasteiger partial charge in [0, 0.05) is 24.4 Å². The second kappa shape index (κ2) is 6.33. The van der Waals surface area contributed by atoms with E-state index in [1.165, 1.54) is 23.9 Å². The van der Waals surface area contributed by atoms with Gasteiger partial charge in [0.1, 0.15) is 0 Å². The highest BCUT2D eigenvalue weighted by atomic mass is 32.2. The molecule has 1 atom stereocenters. The Bertz CT molecular complexity index is 372. The normalized spacial score (nSPS) is 14.6. The van der Waals surface area contributed by atoms with Gasteiger partial charge in [-0.15, -0.1) is 0 Å². The Labute approximate surface area is 104 Å². The molecule has 0 spiro atoms. The van der Waals surface area contributed by atoms with E-state index in [0.717, 1.165) is 6.07 Å². The van der Waals surface area contributed by atoms with E-state index in [0.29, 0.717) is 12.3 Å². The summed E-state index contributed by atoms with van der Waals surface area (Å²) in [6.07, 6.45) is 1.90. The van der Waals surface area contributed by atoms with Gasteiger partial charge in [-0.3, -0.25) is 0 Å². The molecule has 1 rings (SSSR count). The third-order valence-electron chi connectivity index (χ3n) is 2.31. The van der Waals surface area contributed by atoms with E-state index in [4.69, 9.17) is 0 Å². The fourth-order valence-corrected chi connectivity index (χ4v) is 2.24. The highest BCUT2D eigenvalue weighted by Gasteiger charge is 2.19. The molecule has 0 fully saturated rings. The van der Waals surface area contributed by atoms with Crippen LogP contribution in [0.2, 0.25) is 0 Å². The molecule has 1 aromatic carbocycles. The first-order valence-corrected chi connectivity index (χ1v) is 6.70. The molecule has 0 aromatic heterocycles. The number of hydrogen-bond donors (Lipinski definition) is 2. The van der Waals surface area contributed by atoms with Crippen LogP contribution in [0.1, 0.15) is 12.5 Å². The van der Waals surface area contributed by atoms with Gasteiger partial charge in [-0.25, -0.2) is 8.78 Å². The molecule has 0 aliphatic carbocycles. The quantitative estimate of drug-likeness (QED) is 0.823. The van der Waals surface area contributed by atoms with Crippen LogP contribution in [0.15, 0.2) is 18.2 Å². The minimum Gasteiger partial charge on any atom is -0.388 e. The molecule has 2 nitrogen and oxygen atoms in total. The van der Waals surface area contributed by atoms with Crippen molar-refractivity contribution in [2.75, 3.05) is 18.6 Å². The molecule has 0 amide bonds. The molecule has 2 N–H and O–H groups in total. The van der Waals surface area contributed by atoms with E-state index < -0.39 is 17.2 Å². The lowest BCUT2D eigenvalue weighted by Crippen LogP contribution is -2.39. The van der Waals surface area contributed by atoms with E-state index in [9.17, 15) is 13.9 Å². The van der Waals surface area contributed by atoms with Gasteiger partial charge in [0.2, 0.25) is 0 Å². The van der Waals surface area contributed by atoms with Crippen LogP contribution in [0.25, 0.3) is 0 Å². The SMILES string of the molecule is CSCC(C)(O)CNCc1cccc(F)c1F. The van der Waals surface area contributed by atoms with Gasteiger partial charge >= 0.3 is 0 Å². The zero-order valence-electron chi connectivity index (χ0n) is 9.96. The lowest BCUT2D eigenvalue weighted by molar-refractivity contribution is 0.0845. The Kier molecular flexibility index (Phi) is 5.36. The van der Waals surface area contributed by atoms with Crippen molar-refractivity contribution in [3.8, 4) is 0 Å². The molecule has 0 heterocycles. The van der Waals surface area contributed by atoms with Crippen LogP contribution in [-0.4, -0.2) is 29.3 Å². The molecule has 0 radical (unpaired) electrons. The number of halogens is 2. The van der Waals surface area contributed by atoms with Crippen LogP contribution in [0.3, 0.4) is 0 Å². The summed E-state index contributed by atoms with van der Waals surface area (Å²) in [4.78, 5) is 0. The molecular weight excluding hydrogens is 244 g/mol. The molecule has 0 saturated carbocycles. The number of benzene rings is 1. The first-order valence-electron chi connectivity index (χ1n) is 5.31. The standard InChI is InChI=1S/C12H17F2NOS/c1-12(16,8-17-2)7-15-6-9-4-3-5-10(13)11(9)14/h3-5,15-16H,6-8H2,1-2H3. The lowest BCUT2D eigenvalue weighted by Gasteiger charge is -2.22. The Morgan fingerprint density at radius 2 is 2.12 bits per heavy atom. The highest BCUT2D eigenvalue weighted by Crippen LogP contribution is 2.12. The fourth-order valence-electron chi connectivity index (χ4n) is 1.51. The molecule has 0 aliphatic heterocycles. The van der Waals surface area contributed by atoms with Gasteiger partial charge in [0.25, 0.3) is 0 Å². The minimum absolute atomic E-state index is 0.203. The summed E-state index contributed by atoms with van der Waals surface area (Å²) in [6.45, 7) is 2.25. The first kappa shape index (κ1) is 14.4. The van der Waals surface area contributed by atoms with E-state index >= 15 is 0 Å². The molecule has 0 saturated heterocycles. The number of hydrogen-bond acceptors (Lipinski definition) is 3. The molecule has 1 aromatic rings. The zero-order valence-corrected chi connectivity index (χ0v) is 10.8. The largest absolute Gasteiger partial charge is 0.388 e. The van der Waals surface area contributed by atoms with Crippen LogP contribution >= 0.6 is 11.8 Å². The summed E-state index contributed by atoms with van der Waals surface area (Å²) < 4.78 is 26.2. The maximum Gasteiger partial charge on any atom is 0.163 e. The molecule has 5 heteroatoms. The molecule has 96 valence electrons. The van der Waals surface area contributed by atoms with Crippen LogP contribution in [-0.2, 0) is 6.54 Å². The molecular formula is C12H17F2NOS. The minimum atomic E-state index is -0.847. The molecule has 0 bridgehead atoms. The molecule has 0 aliphatic rings.